The summed E-state index contributed by atoms with van der Waals surface area (Å²) in [5.74, 6) is -4.14. The molecular formula is C28H30F6O3. The van der Waals surface area contributed by atoms with Gasteiger partial charge in [-0.15, -0.1) is 0 Å². The Morgan fingerprint density at radius 1 is 0.865 bits per heavy atom. The zero-order valence-corrected chi connectivity index (χ0v) is 20.5. The van der Waals surface area contributed by atoms with Crippen LogP contribution in [0, 0.1) is 41.0 Å². The van der Waals surface area contributed by atoms with Crippen LogP contribution in [-0.4, -0.2) is 19.6 Å². The minimum Gasteiger partial charge on any atom is -0.459 e. The predicted octanol–water partition coefficient (Wildman–Crippen LogP) is 8.34. The van der Waals surface area contributed by atoms with Gasteiger partial charge in [0.05, 0.1) is 25.0 Å². The molecular weight excluding hydrogens is 498 g/mol. The van der Waals surface area contributed by atoms with Gasteiger partial charge in [0.2, 0.25) is 0 Å². The van der Waals surface area contributed by atoms with Crippen LogP contribution in [0.25, 0.3) is 11.1 Å². The van der Waals surface area contributed by atoms with Gasteiger partial charge in [-0.25, -0.2) is 26.3 Å². The highest BCUT2D eigenvalue weighted by atomic mass is 19.3. The largest absolute Gasteiger partial charge is 0.459 e. The molecule has 1 saturated carbocycles. The third-order valence-corrected chi connectivity index (χ3v) is 7.21. The van der Waals surface area contributed by atoms with Crippen molar-refractivity contribution < 1.29 is 40.6 Å². The minimum atomic E-state index is -2.87. The fourth-order valence-electron chi connectivity index (χ4n) is 5.33. The molecule has 0 N–H and O–H groups in total. The number of benzene rings is 2. The SMILES string of the molecule is CCCC1CCC(C2COC(c3cc(F)c(-c4cc(F)c(OC=CC(F)F)c(F)c4)c(F)c3)OC2)CC1. The van der Waals surface area contributed by atoms with Gasteiger partial charge < -0.3 is 14.2 Å². The standard InChI is InChI=1S/C28H30F6O3/c1-2-3-16-4-6-17(7-5-16)20-14-36-28(37-15-20)19-12-21(29)26(22(30)13-19)18-10-23(31)27(24(32)11-18)35-9-8-25(33)34/h8-13,16-17,20,25,28H,2-7,14-15H2,1H3. The predicted molar refractivity (Wildman–Crippen MR) is 126 cm³/mol. The summed E-state index contributed by atoms with van der Waals surface area (Å²) in [6.45, 7) is 3.06. The van der Waals surface area contributed by atoms with Gasteiger partial charge in [-0.05, 0) is 54.5 Å². The number of ether oxygens (including phenoxy) is 3. The van der Waals surface area contributed by atoms with E-state index >= 15 is 0 Å². The van der Waals surface area contributed by atoms with Crippen LogP contribution in [0.4, 0.5) is 26.3 Å². The smallest absolute Gasteiger partial charge is 0.260 e. The minimum absolute atomic E-state index is 0.127. The molecule has 1 aliphatic carbocycles. The maximum absolute atomic E-state index is 15.0. The summed E-state index contributed by atoms with van der Waals surface area (Å²) in [5, 5.41) is 0. The molecule has 0 bridgehead atoms. The molecule has 1 saturated heterocycles. The van der Waals surface area contributed by atoms with Gasteiger partial charge in [-0.2, -0.15) is 0 Å². The maximum atomic E-state index is 15.0. The first-order valence-corrected chi connectivity index (χ1v) is 12.6. The fourth-order valence-corrected chi connectivity index (χ4v) is 5.33. The molecule has 2 aromatic rings. The van der Waals surface area contributed by atoms with Crippen molar-refractivity contribution in [3.63, 3.8) is 0 Å². The fraction of sp³-hybridized carbons (Fsp3) is 0.500. The second-order valence-electron chi connectivity index (χ2n) is 9.74. The first-order valence-electron chi connectivity index (χ1n) is 12.6. The summed E-state index contributed by atoms with van der Waals surface area (Å²) >= 11 is 0. The Kier molecular flexibility index (Phi) is 9.18. The van der Waals surface area contributed by atoms with E-state index < -0.39 is 52.9 Å². The third-order valence-electron chi connectivity index (χ3n) is 7.21. The number of allylic oxidation sites excluding steroid dienone is 1. The molecule has 0 atom stereocenters. The number of alkyl halides is 2. The Hall–Kier alpha value is -2.52. The van der Waals surface area contributed by atoms with Gasteiger partial charge in [0.25, 0.3) is 6.43 Å². The van der Waals surface area contributed by atoms with Crippen molar-refractivity contribution >= 4 is 0 Å². The Bertz CT molecular complexity index is 1040. The Morgan fingerprint density at radius 2 is 1.46 bits per heavy atom. The van der Waals surface area contributed by atoms with Crippen LogP contribution in [-0.2, 0) is 9.47 Å². The highest BCUT2D eigenvalue weighted by Crippen LogP contribution is 2.40. The molecule has 0 amide bonds. The first-order chi connectivity index (χ1) is 17.8. The normalized spacial score (nSPS) is 24.6. The molecule has 0 spiro atoms. The molecule has 0 radical (unpaired) electrons. The van der Waals surface area contributed by atoms with Crippen molar-refractivity contribution in [3.8, 4) is 16.9 Å². The van der Waals surface area contributed by atoms with Gasteiger partial charge in [0.1, 0.15) is 11.6 Å². The van der Waals surface area contributed by atoms with E-state index in [4.69, 9.17) is 9.47 Å². The van der Waals surface area contributed by atoms with E-state index in [-0.39, 0.29) is 11.5 Å². The molecule has 0 unspecified atom stereocenters. The highest BCUT2D eigenvalue weighted by molar-refractivity contribution is 5.66. The van der Waals surface area contributed by atoms with Gasteiger partial charge in [-0.1, -0.05) is 32.6 Å². The molecule has 2 aliphatic rings. The quantitative estimate of drug-likeness (QED) is 0.255. The van der Waals surface area contributed by atoms with Crippen LogP contribution in [0.1, 0.15) is 57.3 Å². The average molecular weight is 529 g/mol. The zero-order valence-electron chi connectivity index (χ0n) is 20.5. The molecule has 1 aliphatic heterocycles. The topological polar surface area (TPSA) is 27.7 Å². The van der Waals surface area contributed by atoms with Crippen molar-refractivity contribution in [2.45, 2.75) is 58.2 Å². The van der Waals surface area contributed by atoms with Gasteiger partial charge >= 0.3 is 0 Å². The van der Waals surface area contributed by atoms with E-state index in [1.807, 2.05) is 0 Å². The van der Waals surface area contributed by atoms with E-state index in [0.717, 1.165) is 30.9 Å². The summed E-state index contributed by atoms with van der Waals surface area (Å²) in [5.41, 5.74) is -0.929. The molecule has 2 aromatic carbocycles. The van der Waals surface area contributed by atoms with Crippen LogP contribution < -0.4 is 4.74 Å². The zero-order chi connectivity index (χ0) is 26.5. The Labute approximate surface area is 212 Å². The second kappa shape index (κ2) is 12.3. The lowest BCUT2D eigenvalue weighted by molar-refractivity contribution is -0.215. The van der Waals surface area contributed by atoms with Crippen molar-refractivity contribution in [1.82, 2.24) is 0 Å². The molecule has 0 aromatic heterocycles. The van der Waals surface area contributed by atoms with E-state index in [9.17, 15) is 26.3 Å². The van der Waals surface area contributed by atoms with Gasteiger partial charge in [-0.3, -0.25) is 0 Å². The summed E-state index contributed by atoms with van der Waals surface area (Å²) < 4.78 is 99.1. The lowest BCUT2D eigenvalue weighted by Gasteiger charge is -2.37. The van der Waals surface area contributed by atoms with Crippen LogP contribution >= 0.6 is 0 Å². The number of hydrogen-bond acceptors (Lipinski definition) is 3. The van der Waals surface area contributed by atoms with Crippen molar-refractivity contribution in [3.05, 3.63) is 65.4 Å². The van der Waals surface area contributed by atoms with Crippen LogP contribution in [0.3, 0.4) is 0 Å². The molecule has 3 nitrogen and oxygen atoms in total. The Balaban J connectivity index is 1.43. The van der Waals surface area contributed by atoms with E-state index in [1.54, 1.807) is 0 Å². The van der Waals surface area contributed by atoms with E-state index in [0.29, 0.717) is 43.6 Å². The first kappa shape index (κ1) is 27.5. The third kappa shape index (κ3) is 6.68. The number of halogens is 6. The van der Waals surface area contributed by atoms with Gasteiger partial charge in [0.15, 0.2) is 23.7 Å². The van der Waals surface area contributed by atoms with Crippen LogP contribution in [0.15, 0.2) is 36.6 Å². The highest BCUT2D eigenvalue weighted by Gasteiger charge is 2.33. The molecule has 4 rings (SSSR count). The van der Waals surface area contributed by atoms with Crippen molar-refractivity contribution in [1.29, 1.82) is 0 Å². The number of rotatable bonds is 8. The lowest BCUT2D eigenvalue weighted by Crippen LogP contribution is -2.34. The maximum Gasteiger partial charge on any atom is 0.260 e. The molecule has 1 heterocycles. The second-order valence-corrected chi connectivity index (χ2v) is 9.74. The molecule has 9 heteroatoms. The van der Waals surface area contributed by atoms with Crippen molar-refractivity contribution in [2.24, 2.45) is 17.8 Å². The summed E-state index contributed by atoms with van der Waals surface area (Å²) in [6, 6.07) is 3.38. The number of hydrogen-bond donors (Lipinski definition) is 0. The van der Waals surface area contributed by atoms with E-state index in [1.165, 1.54) is 25.7 Å². The van der Waals surface area contributed by atoms with Crippen LogP contribution in [0.2, 0.25) is 0 Å². The molecule has 2 fully saturated rings. The van der Waals surface area contributed by atoms with E-state index in [2.05, 4.69) is 11.7 Å². The molecule has 202 valence electrons. The van der Waals surface area contributed by atoms with Gasteiger partial charge in [0, 0.05) is 17.6 Å². The summed E-state index contributed by atoms with van der Waals surface area (Å²) in [4.78, 5) is 0. The molecule has 37 heavy (non-hydrogen) atoms. The summed E-state index contributed by atoms with van der Waals surface area (Å²) in [7, 11) is 0. The summed E-state index contributed by atoms with van der Waals surface area (Å²) in [6.07, 6.45) is 4.03. The Morgan fingerprint density at radius 3 is 2.00 bits per heavy atom. The van der Waals surface area contributed by atoms with Crippen molar-refractivity contribution in [2.75, 3.05) is 13.2 Å². The lowest BCUT2D eigenvalue weighted by atomic mass is 9.75. The monoisotopic (exact) mass is 528 g/mol. The average Bonchev–Trinajstić information content (AvgIpc) is 2.86. The van der Waals surface area contributed by atoms with Crippen LogP contribution in [0.5, 0.6) is 5.75 Å².